The summed E-state index contributed by atoms with van der Waals surface area (Å²) >= 11 is 7.09. The van der Waals surface area contributed by atoms with Crippen LogP contribution in [-0.2, 0) is 11.4 Å². The molecular formula is C31H27Br2N3O2. The van der Waals surface area contributed by atoms with Crippen molar-refractivity contribution in [2.24, 2.45) is 5.73 Å². The minimum absolute atomic E-state index is 0.0705. The molecular weight excluding hydrogens is 606 g/mol. The number of para-hydroxylation sites is 1. The fourth-order valence-electron chi connectivity index (χ4n) is 5.38. The molecule has 2 aliphatic rings. The molecule has 0 spiro atoms. The van der Waals surface area contributed by atoms with Crippen molar-refractivity contribution in [1.29, 1.82) is 5.26 Å². The maximum Gasteiger partial charge on any atom is 0.161 e. The van der Waals surface area contributed by atoms with Crippen molar-refractivity contribution in [3.05, 3.63) is 115 Å². The van der Waals surface area contributed by atoms with E-state index >= 15 is 0 Å². The molecule has 0 aromatic heterocycles. The lowest BCUT2D eigenvalue weighted by Crippen LogP contribution is -2.39. The third kappa shape index (κ3) is 4.79. The molecule has 0 saturated heterocycles. The smallest absolute Gasteiger partial charge is 0.161 e. The number of benzene rings is 3. The molecule has 3 aromatic carbocycles. The number of carbonyl (C=O) groups is 1. The quantitative estimate of drug-likeness (QED) is 0.312. The molecule has 1 heterocycles. The highest BCUT2D eigenvalue weighted by atomic mass is 79.9. The van der Waals surface area contributed by atoms with E-state index in [9.17, 15) is 10.1 Å². The largest absolute Gasteiger partial charge is 0.489 e. The number of Topliss-reactive ketones (excluding diaryl/α,β-unsaturated/α-hetero) is 1. The number of ketones is 1. The molecule has 0 fully saturated rings. The zero-order chi connectivity index (χ0) is 27.0. The summed E-state index contributed by atoms with van der Waals surface area (Å²) in [4.78, 5) is 15.4. The molecule has 5 nitrogen and oxygen atoms in total. The van der Waals surface area contributed by atoms with Crippen molar-refractivity contribution in [1.82, 2.24) is 0 Å². The van der Waals surface area contributed by atoms with Gasteiger partial charge in [0.1, 0.15) is 18.2 Å². The van der Waals surface area contributed by atoms with Crippen LogP contribution in [0.25, 0.3) is 0 Å². The first-order valence-electron chi connectivity index (χ1n) is 12.5. The van der Waals surface area contributed by atoms with Crippen LogP contribution in [-0.4, -0.2) is 5.78 Å². The highest BCUT2D eigenvalue weighted by Crippen LogP contribution is 2.48. The van der Waals surface area contributed by atoms with Gasteiger partial charge in [-0.15, -0.1) is 0 Å². The fraction of sp³-hybridized carbons (Fsp3) is 0.226. The molecule has 0 saturated carbocycles. The van der Waals surface area contributed by atoms with E-state index in [1.54, 1.807) is 0 Å². The van der Waals surface area contributed by atoms with Gasteiger partial charge in [0.25, 0.3) is 0 Å². The number of ether oxygens (including phenoxy) is 1. The molecule has 3 aromatic rings. The molecule has 5 rings (SSSR count). The van der Waals surface area contributed by atoms with Gasteiger partial charge < -0.3 is 10.5 Å². The normalized spacial score (nSPS) is 17.4. The van der Waals surface area contributed by atoms with E-state index in [1.807, 2.05) is 60.4 Å². The van der Waals surface area contributed by atoms with E-state index in [1.165, 1.54) is 0 Å². The van der Waals surface area contributed by atoms with Crippen LogP contribution < -0.4 is 15.4 Å². The summed E-state index contributed by atoms with van der Waals surface area (Å²) in [6, 6.07) is 22.0. The van der Waals surface area contributed by atoms with Crippen LogP contribution in [0.3, 0.4) is 0 Å². The Labute approximate surface area is 239 Å². The van der Waals surface area contributed by atoms with Gasteiger partial charge >= 0.3 is 0 Å². The summed E-state index contributed by atoms with van der Waals surface area (Å²) in [7, 11) is 0. The van der Waals surface area contributed by atoms with Crippen LogP contribution in [0, 0.1) is 25.2 Å². The van der Waals surface area contributed by atoms with Crippen molar-refractivity contribution >= 4 is 43.3 Å². The third-order valence-corrected chi connectivity index (χ3v) is 8.45. The Morgan fingerprint density at radius 3 is 2.50 bits per heavy atom. The number of allylic oxidation sites excluding steroid dienone is 3. The molecule has 38 heavy (non-hydrogen) atoms. The minimum atomic E-state index is -0.520. The zero-order valence-electron chi connectivity index (χ0n) is 21.2. The van der Waals surface area contributed by atoms with E-state index in [0.717, 1.165) is 54.8 Å². The van der Waals surface area contributed by atoms with Gasteiger partial charge in [-0.3, -0.25) is 9.69 Å². The van der Waals surface area contributed by atoms with Crippen LogP contribution >= 0.6 is 31.9 Å². The number of hydrogen-bond donors (Lipinski definition) is 1. The van der Waals surface area contributed by atoms with Crippen LogP contribution in [0.1, 0.15) is 47.4 Å². The predicted octanol–water partition coefficient (Wildman–Crippen LogP) is 7.71. The second-order valence-corrected chi connectivity index (χ2v) is 11.4. The number of aryl methyl sites for hydroxylation is 2. The second-order valence-electron chi connectivity index (χ2n) is 9.65. The number of halogens is 2. The lowest BCUT2D eigenvalue weighted by atomic mass is 9.74. The SMILES string of the molecule is Cc1cc(C)c(C2C(C#N)=C(N)N(c3ccccc3Br)C3=C2C(=O)CCC3)cc1COc1ccc(Br)cc1. The molecule has 1 aliphatic heterocycles. The maximum atomic E-state index is 13.5. The van der Waals surface area contributed by atoms with Gasteiger partial charge in [-0.1, -0.05) is 40.2 Å². The summed E-state index contributed by atoms with van der Waals surface area (Å²) in [5.74, 6) is 0.686. The standard InChI is InChI=1S/C31H27Br2N3O2/c1-18-14-19(2)23(15-20(18)17-38-22-12-10-21(32)11-13-22)29-24(16-34)31(35)36(26-7-4-3-6-25(26)33)27-8-5-9-28(37)30(27)29/h3-4,6-7,10-15,29H,5,8-9,17,35H2,1-2H3. The Morgan fingerprint density at radius 2 is 1.79 bits per heavy atom. The van der Waals surface area contributed by atoms with Crippen LogP contribution in [0.4, 0.5) is 5.69 Å². The first-order chi connectivity index (χ1) is 18.3. The summed E-state index contributed by atoms with van der Waals surface area (Å²) < 4.78 is 7.92. The molecule has 7 heteroatoms. The molecule has 192 valence electrons. The Hall–Kier alpha value is -3.34. The topological polar surface area (TPSA) is 79.4 Å². The van der Waals surface area contributed by atoms with Gasteiger partial charge in [-0.2, -0.15) is 5.26 Å². The monoisotopic (exact) mass is 631 g/mol. The average molecular weight is 633 g/mol. The number of nitrogens with zero attached hydrogens (tertiary/aromatic N) is 2. The Kier molecular flexibility index (Phi) is 7.47. The number of hydrogen-bond acceptors (Lipinski definition) is 5. The Balaban J connectivity index is 1.63. The van der Waals surface area contributed by atoms with Gasteiger partial charge in [0, 0.05) is 26.6 Å². The minimum Gasteiger partial charge on any atom is -0.489 e. The maximum absolute atomic E-state index is 13.5. The van der Waals surface area contributed by atoms with E-state index < -0.39 is 5.92 Å². The Bertz CT molecular complexity index is 1530. The van der Waals surface area contributed by atoms with Crippen molar-refractivity contribution in [3.8, 4) is 11.8 Å². The molecule has 1 unspecified atom stereocenters. The molecule has 1 aliphatic carbocycles. The number of nitrogens with two attached hydrogens (primary N) is 1. The highest BCUT2D eigenvalue weighted by Gasteiger charge is 2.41. The lowest BCUT2D eigenvalue weighted by molar-refractivity contribution is -0.116. The number of carbonyl (C=O) groups excluding carboxylic acids is 1. The first kappa shape index (κ1) is 26.3. The van der Waals surface area contributed by atoms with E-state index in [-0.39, 0.29) is 5.78 Å². The lowest BCUT2D eigenvalue weighted by Gasteiger charge is -2.40. The molecule has 0 radical (unpaired) electrons. The van der Waals surface area contributed by atoms with E-state index in [0.29, 0.717) is 36.4 Å². The molecule has 0 amide bonds. The highest BCUT2D eigenvalue weighted by molar-refractivity contribution is 9.10. The van der Waals surface area contributed by atoms with Gasteiger partial charge in [0.05, 0.1) is 23.2 Å². The molecule has 1 atom stereocenters. The average Bonchev–Trinajstić information content (AvgIpc) is 2.89. The van der Waals surface area contributed by atoms with E-state index in [2.05, 4.69) is 57.0 Å². The summed E-state index contributed by atoms with van der Waals surface area (Å²) in [5.41, 5.74) is 13.6. The third-order valence-electron chi connectivity index (χ3n) is 7.25. The van der Waals surface area contributed by atoms with Crippen LogP contribution in [0.15, 0.2) is 92.3 Å². The van der Waals surface area contributed by atoms with Gasteiger partial charge in [0.2, 0.25) is 0 Å². The van der Waals surface area contributed by atoms with Crippen molar-refractivity contribution in [2.75, 3.05) is 4.90 Å². The molecule has 2 N–H and O–H groups in total. The first-order valence-corrected chi connectivity index (χ1v) is 14.1. The van der Waals surface area contributed by atoms with Crippen LogP contribution in [0.2, 0.25) is 0 Å². The van der Waals surface area contributed by atoms with Crippen molar-refractivity contribution in [3.63, 3.8) is 0 Å². The summed E-state index contributed by atoms with van der Waals surface area (Å²) in [5, 5.41) is 10.4. The van der Waals surface area contributed by atoms with Crippen molar-refractivity contribution in [2.45, 2.75) is 45.6 Å². The Morgan fingerprint density at radius 1 is 1.05 bits per heavy atom. The second kappa shape index (κ2) is 10.8. The van der Waals surface area contributed by atoms with Crippen molar-refractivity contribution < 1.29 is 9.53 Å². The molecule has 0 bridgehead atoms. The number of nitriles is 1. The summed E-state index contributed by atoms with van der Waals surface area (Å²) in [6.45, 7) is 4.45. The van der Waals surface area contributed by atoms with Crippen LogP contribution in [0.5, 0.6) is 5.75 Å². The van der Waals surface area contributed by atoms with Gasteiger partial charge in [-0.05, 0) is 101 Å². The number of rotatable bonds is 5. The van der Waals surface area contributed by atoms with Gasteiger partial charge in [0.15, 0.2) is 5.78 Å². The zero-order valence-corrected chi connectivity index (χ0v) is 24.4. The van der Waals surface area contributed by atoms with Gasteiger partial charge in [-0.25, -0.2) is 0 Å². The number of anilines is 1. The fourth-order valence-corrected chi connectivity index (χ4v) is 6.11. The van der Waals surface area contributed by atoms with E-state index in [4.69, 9.17) is 10.5 Å². The predicted molar refractivity (Wildman–Crippen MR) is 156 cm³/mol. The summed E-state index contributed by atoms with van der Waals surface area (Å²) in [6.07, 6.45) is 1.92.